The van der Waals surface area contributed by atoms with Crippen LogP contribution in [-0.2, 0) is 0 Å². The van der Waals surface area contributed by atoms with E-state index < -0.39 is 0 Å². The summed E-state index contributed by atoms with van der Waals surface area (Å²) in [5, 5.41) is 3.94. The van der Waals surface area contributed by atoms with Gasteiger partial charge < -0.3 is 15.0 Å². The highest BCUT2D eigenvalue weighted by molar-refractivity contribution is 5.55. The lowest BCUT2D eigenvalue weighted by molar-refractivity contribution is 0.325. The minimum absolute atomic E-state index is 0.232. The van der Waals surface area contributed by atoms with E-state index in [9.17, 15) is 0 Å². The van der Waals surface area contributed by atoms with E-state index >= 15 is 0 Å². The summed E-state index contributed by atoms with van der Waals surface area (Å²) in [6.07, 6.45) is 0. The van der Waals surface area contributed by atoms with Crippen LogP contribution in [0.3, 0.4) is 0 Å². The van der Waals surface area contributed by atoms with Crippen molar-refractivity contribution in [1.82, 2.24) is 10.1 Å². The van der Waals surface area contributed by atoms with E-state index in [4.69, 9.17) is 15.0 Å². The van der Waals surface area contributed by atoms with Gasteiger partial charge in [-0.25, -0.2) is 0 Å². The Balaban J connectivity index is 2.23. The summed E-state index contributed by atoms with van der Waals surface area (Å²) in [6.45, 7) is 4.03. The van der Waals surface area contributed by atoms with Gasteiger partial charge in [0, 0.05) is 5.56 Å². The van der Waals surface area contributed by atoms with Crippen LogP contribution in [0.25, 0.3) is 11.4 Å². The first kappa shape index (κ1) is 12.6. The standard InChI is InChI=1S/C13H17N3O2/c1-8(2)11(14)13-15-12(16-18-13)9-4-6-10(17-3)7-5-9/h4-8,11H,14H2,1-3H3/t11-/m0/s1. The van der Waals surface area contributed by atoms with Crippen LogP contribution in [0.4, 0.5) is 0 Å². The van der Waals surface area contributed by atoms with Gasteiger partial charge in [-0.1, -0.05) is 19.0 Å². The zero-order chi connectivity index (χ0) is 13.1. The van der Waals surface area contributed by atoms with E-state index in [0.29, 0.717) is 11.7 Å². The molecule has 0 fully saturated rings. The molecule has 0 saturated carbocycles. The molecule has 1 aromatic heterocycles. The maximum atomic E-state index is 5.96. The third-order valence-electron chi connectivity index (χ3n) is 2.79. The molecule has 0 unspecified atom stereocenters. The van der Waals surface area contributed by atoms with Crippen LogP contribution in [0.1, 0.15) is 25.8 Å². The van der Waals surface area contributed by atoms with Gasteiger partial charge in [0.1, 0.15) is 5.75 Å². The molecule has 2 rings (SSSR count). The Morgan fingerprint density at radius 3 is 2.44 bits per heavy atom. The second-order valence-corrected chi connectivity index (χ2v) is 4.45. The first-order chi connectivity index (χ1) is 8.61. The minimum Gasteiger partial charge on any atom is -0.497 e. The lowest BCUT2D eigenvalue weighted by Crippen LogP contribution is -2.16. The van der Waals surface area contributed by atoms with Crippen LogP contribution in [0, 0.1) is 5.92 Å². The Bertz CT molecular complexity index is 505. The molecular formula is C13H17N3O2. The average molecular weight is 247 g/mol. The van der Waals surface area contributed by atoms with Crippen LogP contribution in [0.15, 0.2) is 28.8 Å². The molecule has 5 heteroatoms. The van der Waals surface area contributed by atoms with E-state index in [1.807, 2.05) is 38.1 Å². The molecule has 2 N–H and O–H groups in total. The van der Waals surface area contributed by atoms with Crippen LogP contribution in [0.5, 0.6) is 5.75 Å². The van der Waals surface area contributed by atoms with Gasteiger partial charge >= 0.3 is 0 Å². The number of aromatic nitrogens is 2. The highest BCUT2D eigenvalue weighted by Crippen LogP contribution is 2.23. The van der Waals surface area contributed by atoms with E-state index in [-0.39, 0.29) is 12.0 Å². The van der Waals surface area contributed by atoms with Crippen molar-refractivity contribution in [3.05, 3.63) is 30.2 Å². The van der Waals surface area contributed by atoms with Gasteiger partial charge in [0.2, 0.25) is 11.7 Å². The van der Waals surface area contributed by atoms with Crippen molar-refractivity contribution in [1.29, 1.82) is 0 Å². The molecule has 0 radical (unpaired) electrons. The smallest absolute Gasteiger partial charge is 0.244 e. The minimum atomic E-state index is -0.232. The Morgan fingerprint density at radius 1 is 1.22 bits per heavy atom. The molecular weight excluding hydrogens is 230 g/mol. The fourth-order valence-electron chi connectivity index (χ4n) is 1.51. The molecule has 0 bridgehead atoms. The number of nitrogens with two attached hydrogens (primary N) is 1. The Hall–Kier alpha value is -1.88. The molecule has 0 spiro atoms. The number of methoxy groups -OCH3 is 1. The molecule has 1 heterocycles. The Morgan fingerprint density at radius 2 is 1.89 bits per heavy atom. The summed E-state index contributed by atoms with van der Waals surface area (Å²) in [7, 11) is 1.63. The van der Waals surface area contributed by atoms with Crippen LogP contribution in [0.2, 0.25) is 0 Å². The second kappa shape index (κ2) is 5.18. The molecule has 5 nitrogen and oxygen atoms in total. The molecule has 1 atom stereocenters. The van der Waals surface area contributed by atoms with Gasteiger partial charge in [-0.15, -0.1) is 0 Å². The molecule has 0 aliphatic rings. The number of nitrogens with zero attached hydrogens (tertiary/aromatic N) is 2. The highest BCUT2D eigenvalue weighted by atomic mass is 16.5. The molecule has 0 aliphatic carbocycles. The predicted molar refractivity (Wildman–Crippen MR) is 68.1 cm³/mol. The molecule has 0 amide bonds. The van der Waals surface area contributed by atoms with Gasteiger partial charge in [0.25, 0.3) is 0 Å². The molecule has 2 aromatic rings. The molecule has 0 aliphatic heterocycles. The van der Waals surface area contributed by atoms with Crippen molar-refractivity contribution in [2.24, 2.45) is 11.7 Å². The number of hydrogen-bond acceptors (Lipinski definition) is 5. The van der Waals surface area contributed by atoms with Crippen molar-refractivity contribution < 1.29 is 9.26 Å². The maximum Gasteiger partial charge on any atom is 0.244 e. The average Bonchev–Trinajstić information content (AvgIpc) is 2.87. The number of benzene rings is 1. The van der Waals surface area contributed by atoms with E-state index in [2.05, 4.69) is 10.1 Å². The summed E-state index contributed by atoms with van der Waals surface area (Å²) in [4.78, 5) is 4.31. The third-order valence-corrected chi connectivity index (χ3v) is 2.79. The lowest BCUT2D eigenvalue weighted by atomic mass is 10.1. The first-order valence-electron chi connectivity index (χ1n) is 5.85. The van der Waals surface area contributed by atoms with Gasteiger partial charge in [0.05, 0.1) is 13.2 Å². The van der Waals surface area contributed by atoms with E-state index in [0.717, 1.165) is 11.3 Å². The van der Waals surface area contributed by atoms with Crippen LogP contribution >= 0.6 is 0 Å². The monoisotopic (exact) mass is 247 g/mol. The summed E-state index contributed by atoms with van der Waals surface area (Å²) in [5.41, 5.74) is 6.84. The molecule has 1 aromatic carbocycles. The fourth-order valence-corrected chi connectivity index (χ4v) is 1.51. The Labute approximate surface area is 106 Å². The number of hydrogen-bond donors (Lipinski definition) is 1. The predicted octanol–water partition coefficient (Wildman–Crippen LogP) is 2.40. The summed E-state index contributed by atoms with van der Waals surface area (Å²) < 4.78 is 10.3. The normalized spacial score (nSPS) is 12.7. The summed E-state index contributed by atoms with van der Waals surface area (Å²) in [5.74, 6) is 2.06. The molecule has 96 valence electrons. The molecule has 0 saturated heterocycles. The van der Waals surface area contributed by atoms with Crippen molar-refractivity contribution in [2.75, 3.05) is 7.11 Å². The summed E-state index contributed by atoms with van der Waals surface area (Å²) >= 11 is 0. The zero-order valence-corrected chi connectivity index (χ0v) is 10.8. The quantitative estimate of drug-likeness (QED) is 0.898. The van der Waals surface area contributed by atoms with Crippen LogP contribution in [-0.4, -0.2) is 17.3 Å². The zero-order valence-electron chi connectivity index (χ0n) is 10.8. The van der Waals surface area contributed by atoms with Gasteiger partial charge in [-0.3, -0.25) is 0 Å². The van der Waals surface area contributed by atoms with Crippen molar-refractivity contribution in [3.63, 3.8) is 0 Å². The van der Waals surface area contributed by atoms with E-state index in [1.54, 1.807) is 7.11 Å². The van der Waals surface area contributed by atoms with Crippen molar-refractivity contribution in [3.8, 4) is 17.1 Å². The van der Waals surface area contributed by atoms with Crippen molar-refractivity contribution >= 4 is 0 Å². The maximum absolute atomic E-state index is 5.96. The Kier molecular flexibility index (Phi) is 3.62. The first-order valence-corrected chi connectivity index (χ1v) is 5.85. The molecule has 18 heavy (non-hydrogen) atoms. The number of ether oxygens (including phenoxy) is 1. The van der Waals surface area contributed by atoms with Crippen LogP contribution < -0.4 is 10.5 Å². The van der Waals surface area contributed by atoms with E-state index in [1.165, 1.54) is 0 Å². The van der Waals surface area contributed by atoms with Gasteiger partial charge in [0.15, 0.2) is 0 Å². The summed E-state index contributed by atoms with van der Waals surface area (Å²) in [6, 6.07) is 7.24. The highest BCUT2D eigenvalue weighted by Gasteiger charge is 2.18. The fraction of sp³-hybridized carbons (Fsp3) is 0.385. The second-order valence-electron chi connectivity index (χ2n) is 4.45. The lowest BCUT2D eigenvalue weighted by Gasteiger charge is -2.09. The largest absolute Gasteiger partial charge is 0.497 e. The third kappa shape index (κ3) is 2.51. The van der Waals surface area contributed by atoms with Gasteiger partial charge in [-0.05, 0) is 30.2 Å². The topological polar surface area (TPSA) is 74.2 Å². The van der Waals surface area contributed by atoms with Gasteiger partial charge in [-0.2, -0.15) is 4.98 Å². The number of rotatable bonds is 4. The SMILES string of the molecule is COc1ccc(-c2noc([C@@H](N)C(C)C)n2)cc1. The van der Waals surface area contributed by atoms with Crippen molar-refractivity contribution in [2.45, 2.75) is 19.9 Å².